The summed E-state index contributed by atoms with van der Waals surface area (Å²) in [4.78, 5) is 2.96. The molecule has 0 bridgehead atoms. The van der Waals surface area contributed by atoms with Gasteiger partial charge < -0.3 is 0 Å². The van der Waals surface area contributed by atoms with E-state index < -0.39 is 18.4 Å². The number of unbranched alkanes of at least 4 members (excludes halogenated alkanes) is 4. The van der Waals surface area contributed by atoms with Crippen LogP contribution in [0, 0.1) is 0 Å². The van der Waals surface area contributed by atoms with Gasteiger partial charge in [0.05, 0.1) is 0 Å². The first-order valence-corrected chi connectivity index (χ1v) is 18.3. The average Bonchev–Trinajstić information content (AvgIpc) is 3.04. The summed E-state index contributed by atoms with van der Waals surface area (Å²) in [5.41, 5.74) is 0. The summed E-state index contributed by atoms with van der Waals surface area (Å²) in [6.07, 6.45) is 16.4. The van der Waals surface area contributed by atoms with Gasteiger partial charge in [0.15, 0.2) is 0 Å². The first-order valence-electron chi connectivity index (χ1n) is 10.6. The first kappa shape index (κ1) is 21.5. The van der Waals surface area contributed by atoms with E-state index in [1.165, 1.54) is 70.9 Å². The molecule has 0 amide bonds. The van der Waals surface area contributed by atoms with E-state index in [4.69, 9.17) is 0 Å². The molecule has 1 nitrogen and oxygen atoms in total. The third kappa shape index (κ3) is 7.10. The Morgan fingerprint density at radius 2 is 1.52 bits per heavy atom. The first-order chi connectivity index (χ1) is 11.2. The molecule has 23 heavy (non-hydrogen) atoms. The summed E-state index contributed by atoms with van der Waals surface area (Å²) in [6.45, 7) is 13.8. The van der Waals surface area contributed by atoms with Crippen LogP contribution in [0.1, 0.15) is 85.0 Å². The molecule has 2 heteroatoms. The van der Waals surface area contributed by atoms with E-state index in [2.05, 4.69) is 38.3 Å². The van der Waals surface area contributed by atoms with Gasteiger partial charge in [0.1, 0.15) is 0 Å². The molecule has 1 heterocycles. The molecule has 1 aliphatic heterocycles. The molecule has 0 radical (unpaired) electrons. The fraction of sp³-hybridized carbons (Fsp3) is 0.905. The number of likely N-dealkylation sites (tertiary alicyclic amines) is 1. The van der Waals surface area contributed by atoms with Crippen molar-refractivity contribution in [3.63, 3.8) is 0 Å². The summed E-state index contributed by atoms with van der Waals surface area (Å²) in [7, 11) is 0. The maximum atomic E-state index is 3.91. The molecule has 0 aliphatic carbocycles. The summed E-state index contributed by atoms with van der Waals surface area (Å²) >= 11 is -2.05. The molecule has 0 aromatic rings. The van der Waals surface area contributed by atoms with Crippen molar-refractivity contribution >= 4 is 18.4 Å². The van der Waals surface area contributed by atoms with E-state index in [1.807, 2.05) is 0 Å². The SMILES string of the molecule is C=CCCCN1CCC[C@@H]1[Sn]([CH2]CCC)([CH2]CCC)[CH2]CCC. The third-order valence-electron chi connectivity index (χ3n) is 6.01. The van der Waals surface area contributed by atoms with E-state index in [9.17, 15) is 0 Å². The molecule has 1 rings (SSSR count). The van der Waals surface area contributed by atoms with Gasteiger partial charge in [-0.15, -0.1) is 0 Å². The predicted molar refractivity (Wildman–Crippen MR) is 109 cm³/mol. The molecule has 1 aliphatic rings. The Balaban J connectivity index is 2.85. The van der Waals surface area contributed by atoms with Crippen LogP contribution in [0.2, 0.25) is 13.3 Å². The molecule has 0 N–H and O–H groups in total. The minimum absolute atomic E-state index is 1.07. The van der Waals surface area contributed by atoms with Gasteiger partial charge in [-0.2, -0.15) is 0 Å². The Labute approximate surface area is 151 Å². The third-order valence-corrected chi connectivity index (χ3v) is 23.5. The van der Waals surface area contributed by atoms with Gasteiger partial charge in [0.25, 0.3) is 0 Å². The molecule has 1 fully saturated rings. The van der Waals surface area contributed by atoms with Crippen molar-refractivity contribution in [2.45, 2.75) is 102 Å². The van der Waals surface area contributed by atoms with E-state index in [0.717, 1.165) is 4.06 Å². The van der Waals surface area contributed by atoms with Gasteiger partial charge in [-0.05, 0) is 0 Å². The van der Waals surface area contributed by atoms with Crippen molar-refractivity contribution in [3.05, 3.63) is 12.7 Å². The molecule has 136 valence electrons. The van der Waals surface area contributed by atoms with Crippen LogP contribution in [0.15, 0.2) is 12.7 Å². The molecular formula is C21H43NSn. The molecule has 1 atom stereocenters. The van der Waals surface area contributed by atoms with E-state index in [-0.39, 0.29) is 0 Å². The number of allylic oxidation sites excluding steroid dienone is 1. The van der Waals surface area contributed by atoms with Crippen LogP contribution in [0.25, 0.3) is 0 Å². The normalized spacial score (nSPS) is 19.3. The monoisotopic (exact) mass is 429 g/mol. The van der Waals surface area contributed by atoms with Crippen molar-refractivity contribution in [1.29, 1.82) is 0 Å². The Morgan fingerprint density at radius 1 is 0.957 bits per heavy atom. The summed E-state index contributed by atoms with van der Waals surface area (Å²) in [5.74, 6) is 0. The van der Waals surface area contributed by atoms with Gasteiger partial charge in [0.2, 0.25) is 0 Å². The van der Waals surface area contributed by atoms with Crippen molar-refractivity contribution < 1.29 is 0 Å². The topological polar surface area (TPSA) is 3.24 Å². The second-order valence-electron chi connectivity index (χ2n) is 7.80. The van der Waals surface area contributed by atoms with Crippen LogP contribution in [-0.4, -0.2) is 40.4 Å². The second-order valence-corrected chi connectivity index (χ2v) is 21.8. The van der Waals surface area contributed by atoms with Crippen LogP contribution in [0.4, 0.5) is 0 Å². The van der Waals surface area contributed by atoms with Crippen LogP contribution in [-0.2, 0) is 0 Å². The fourth-order valence-electron chi connectivity index (χ4n) is 4.69. The standard InChI is InChI=1S/C9H16N.3C4H9.Sn/c1-2-3-4-7-10-8-5-6-9-10;3*1-3-4-2;/h2,8H,1,3-7,9H2;3*1,3-4H2,2H3;. The molecule has 0 aromatic heterocycles. The van der Waals surface area contributed by atoms with Gasteiger partial charge in [-0.25, -0.2) is 0 Å². The Morgan fingerprint density at radius 3 is 2.00 bits per heavy atom. The summed E-state index contributed by atoms with van der Waals surface area (Å²) in [5, 5.41) is 0. The van der Waals surface area contributed by atoms with Crippen molar-refractivity contribution in [2.24, 2.45) is 0 Å². The van der Waals surface area contributed by atoms with E-state index in [0.29, 0.717) is 0 Å². The summed E-state index contributed by atoms with van der Waals surface area (Å²) < 4.78 is 6.09. The predicted octanol–water partition coefficient (Wildman–Crippen LogP) is 6.81. The fourth-order valence-corrected chi connectivity index (χ4v) is 24.0. The number of rotatable bonds is 14. The number of hydrogen-bond donors (Lipinski definition) is 0. The second kappa shape index (κ2) is 12.8. The molecule has 0 unspecified atom stereocenters. The van der Waals surface area contributed by atoms with Crippen LogP contribution < -0.4 is 0 Å². The molecule has 0 aromatic carbocycles. The molecule has 0 saturated carbocycles. The van der Waals surface area contributed by atoms with Crippen LogP contribution in [0.3, 0.4) is 0 Å². The van der Waals surface area contributed by atoms with Crippen LogP contribution >= 0.6 is 0 Å². The zero-order valence-electron chi connectivity index (χ0n) is 16.4. The maximum absolute atomic E-state index is 3.91. The van der Waals surface area contributed by atoms with Gasteiger partial charge >= 0.3 is 151 Å². The Kier molecular flexibility index (Phi) is 12.0. The van der Waals surface area contributed by atoms with Crippen molar-refractivity contribution in [1.82, 2.24) is 4.90 Å². The average molecular weight is 428 g/mol. The Hall–Kier alpha value is 0.499. The zero-order chi connectivity index (χ0) is 17.0. The number of hydrogen-bond acceptors (Lipinski definition) is 1. The van der Waals surface area contributed by atoms with Gasteiger partial charge in [-0.1, -0.05) is 0 Å². The molecule has 1 saturated heterocycles. The van der Waals surface area contributed by atoms with E-state index in [1.54, 1.807) is 19.7 Å². The molecule has 0 spiro atoms. The quantitative estimate of drug-likeness (QED) is 0.167. The van der Waals surface area contributed by atoms with Gasteiger partial charge in [-0.3, -0.25) is 0 Å². The van der Waals surface area contributed by atoms with Crippen LogP contribution in [0.5, 0.6) is 0 Å². The van der Waals surface area contributed by atoms with Crippen molar-refractivity contribution in [3.8, 4) is 0 Å². The Bertz CT molecular complexity index is 280. The zero-order valence-corrected chi connectivity index (χ0v) is 19.3. The molecular weight excluding hydrogens is 385 g/mol. The van der Waals surface area contributed by atoms with Crippen molar-refractivity contribution in [2.75, 3.05) is 13.1 Å². The summed E-state index contributed by atoms with van der Waals surface area (Å²) in [6, 6.07) is 0. The van der Waals surface area contributed by atoms with Gasteiger partial charge in [0, 0.05) is 0 Å². The minimum atomic E-state index is -2.05. The number of nitrogens with zero attached hydrogens (tertiary/aromatic N) is 1. The van der Waals surface area contributed by atoms with E-state index >= 15 is 0 Å².